The van der Waals surface area contributed by atoms with Crippen LogP contribution in [0.1, 0.15) is 118 Å². The molecule has 0 aliphatic carbocycles. The third-order valence-electron chi connectivity index (χ3n) is 11.5. The van der Waals surface area contributed by atoms with E-state index in [0.29, 0.717) is 11.6 Å². The average molecular weight is 910 g/mol. The Morgan fingerprint density at radius 2 is 1.53 bits per heavy atom. The van der Waals surface area contributed by atoms with Crippen LogP contribution in [0.15, 0.2) is 65.0 Å². The summed E-state index contributed by atoms with van der Waals surface area (Å²) in [6, 6.07) is 18.8. The van der Waals surface area contributed by atoms with Gasteiger partial charge in [0.15, 0.2) is 11.4 Å². The molecule has 3 aromatic heterocycles. The zero-order valence-electron chi connectivity index (χ0n) is 33.7. The molecule has 0 unspecified atom stereocenters. The first-order valence-corrected chi connectivity index (χ1v) is 19.8. The van der Waals surface area contributed by atoms with Crippen LogP contribution >= 0.6 is 11.3 Å². The van der Waals surface area contributed by atoms with Crippen LogP contribution in [-0.4, -0.2) is 20.9 Å². The minimum atomic E-state index is -0.337. The minimum absolute atomic E-state index is 0. The van der Waals surface area contributed by atoms with Crippen molar-refractivity contribution in [1.82, 2.24) is 9.97 Å². The summed E-state index contributed by atoms with van der Waals surface area (Å²) in [4.78, 5) is 22.9. The van der Waals surface area contributed by atoms with E-state index in [1.54, 1.807) is 6.33 Å². The number of carbonyl (C=O) groups excluding carboxylic acids is 1. The number of rotatable bonds is 10. The molecule has 0 bridgehead atoms. The molecule has 1 radical (unpaired) electrons. The number of thiophene rings is 1. The van der Waals surface area contributed by atoms with Crippen LogP contribution in [0, 0.1) is 29.7 Å². The van der Waals surface area contributed by atoms with E-state index in [1.807, 2.05) is 52.9 Å². The summed E-state index contributed by atoms with van der Waals surface area (Å²) in [7, 11) is 0. The summed E-state index contributed by atoms with van der Waals surface area (Å²) in [6.45, 7) is 25.6. The normalized spacial score (nSPS) is 12.8. The van der Waals surface area contributed by atoms with Gasteiger partial charge in [0.05, 0.1) is 4.70 Å². The molecule has 1 N–H and O–H groups in total. The first kappa shape index (κ1) is 42.4. The number of aromatic nitrogens is 2. The van der Waals surface area contributed by atoms with Gasteiger partial charge >= 0.3 is 0 Å². The van der Waals surface area contributed by atoms with Gasteiger partial charge in [-0.05, 0) is 61.3 Å². The van der Waals surface area contributed by atoms with Gasteiger partial charge in [-0.25, -0.2) is 4.98 Å². The van der Waals surface area contributed by atoms with E-state index < -0.39 is 0 Å². The van der Waals surface area contributed by atoms with Gasteiger partial charge in [0, 0.05) is 58.4 Å². The minimum Gasteiger partial charge on any atom is -0.512 e. The van der Waals surface area contributed by atoms with Gasteiger partial charge in [-0.3, -0.25) is 9.78 Å². The Morgan fingerprint density at radius 1 is 0.906 bits per heavy atom. The van der Waals surface area contributed by atoms with Crippen LogP contribution in [0.4, 0.5) is 0 Å². The molecular formula is C46H57IrN2O3S-. The molecule has 7 heteroatoms. The van der Waals surface area contributed by atoms with Crippen molar-refractivity contribution in [3.05, 3.63) is 82.7 Å². The molecule has 285 valence electrons. The van der Waals surface area contributed by atoms with Crippen LogP contribution in [0.3, 0.4) is 0 Å². The van der Waals surface area contributed by atoms with Crippen molar-refractivity contribution in [2.24, 2.45) is 16.7 Å². The second kappa shape index (κ2) is 16.5. The molecule has 0 atom stereocenters. The van der Waals surface area contributed by atoms with Crippen LogP contribution < -0.4 is 0 Å². The third kappa shape index (κ3) is 8.33. The van der Waals surface area contributed by atoms with E-state index in [4.69, 9.17) is 9.40 Å². The largest absolute Gasteiger partial charge is 0.512 e. The number of aliphatic hydroxyl groups excluding tert-OH is 1. The average Bonchev–Trinajstić information content (AvgIpc) is 3.66. The number of ketones is 1. The maximum absolute atomic E-state index is 12.2. The van der Waals surface area contributed by atoms with Gasteiger partial charge in [-0.15, -0.1) is 40.5 Å². The SMILES string of the molecule is CCC(C)(CC)C(=O)/C=C(\O)C(C)(CC)CC.Cc1c(CC(C)C)sc2c1ccc1c2oc2ncnc(-c3[c-]c4ccccc4c(C(C)(C)C)c3)c21.[Ir]. The molecule has 0 spiro atoms. The molecule has 6 rings (SSSR count). The van der Waals surface area contributed by atoms with E-state index in [-0.39, 0.29) is 47.9 Å². The fraction of sp³-hybridized carbons (Fsp3) is 0.457. The van der Waals surface area contributed by atoms with Gasteiger partial charge in [0.25, 0.3) is 0 Å². The first-order chi connectivity index (χ1) is 24.5. The zero-order valence-corrected chi connectivity index (χ0v) is 36.9. The monoisotopic (exact) mass is 910 g/mol. The van der Waals surface area contributed by atoms with E-state index in [9.17, 15) is 9.90 Å². The molecule has 53 heavy (non-hydrogen) atoms. The van der Waals surface area contributed by atoms with Crippen molar-refractivity contribution in [2.75, 3.05) is 0 Å². The maximum atomic E-state index is 12.2. The van der Waals surface area contributed by atoms with Crippen molar-refractivity contribution >= 4 is 60.0 Å². The number of aliphatic hydroxyl groups is 1. The number of hydrogen-bond donors (Lipinski definition) is 1. The maximum Gasteiger partial charge on any atom is 0.223 e. The van der Waals surface area contributed by atoms with Crippen LogP contribution in [0.2, 0.25) is 0 Å². The molecule has 0 aliphatic heterocycles. The van der Waals surface area contributed by atoms with E-state index in [1.165, 1.54) is 37.6 Å². The number of furan rings is 1. The smallest absolute Gasteiger partial charge is 0.223 e. The van der Waals surface area contributed by atoms with Crippen molar-refractivity contribution in [1.29, 1.82) is 0 Å². The van der Waals surface area contributed by atoms with Crippen molar-refractivity contribution in [2.45, 2.75) is 121 Å². The van der Waals surface area contributed by atoms with Crippen LogP contribution in [0.25, 0.3) is 54.2 Å². The molecule has 0 amide bonds. The summed E-state index contributed by atoms with van der Waals surface area (Å²) >= 11 is 1.86. The Bertz CT molecular complexity index is 2260. The van der Waals surface area contributed by atoms with Crippen LogP contribution in [-0.2, 0) is 36.7 Å². The first-order valence-electron chi connectivity index (χ1n) is 19.0. The summed E-state index contributed by atoms with van der Waals surface area (Å²) in [5.41, 5.74) is 5.44. The summed E-state index contributed by atoms with van der Waals surface area (Å²) in [5.74, 6) is 0.902. The summed E-state index contributed by atoms with van der Waals surface area (Å²) < 4.78 is 7.64. The number of carbonyl (C=O) groups is 1. The number of nitrogens with zero attached hydrogens (tertiary/aromatic N) is 2. The predicted octanol–water partition coefficient (Wildman–Crippen LogP) is 13.7. The Hall–Kier alpha value is -3.38. The van der Waals surface area contributed by atoms with Crippen molar-refractivity contribution in [3.8, 4) is 11.3 Å². The number of allylic oxidation sites excluding steroid dienone is 2. The van der Waals surface area contributed by atoms with E-state index >= 15 is 0 Å². The number of hydrogen-bond acceptors (Lipinski definition) is 6. The van der Waals surface area contributed by atoms with Gasteiger partial charge in [-0.2, -0.15) is 0 Å². The van der Waals surface area contributed by atoms with Crippen molar-refractivity contribution < 1.29 is 34.4 Å². The number of aryl methyl sites for hydroxylation is 1. The Kier molecular flexibility index (Phi) is 13.2. The quantitative estimate of drug-likeness (QED) is 0.0842. The molecule has 6 aromatic rings. The molecule has 3 aromatic carbocycles. The Labute approximate surface area is 334 Å². The fourth-order valence-electron chi connectivity index (χ4n) is 6.83. The molecule has 0 aliphatic rings. The fourth-order valence-corrected chi connectivity index (χ4v) is 8.33. The second-order valence-electron chi connectivity index (χ2n) is 16.4. The predicted molar refractivity (Wildman–Crippen MR) is 222 cm³/mol. The molecular weight excluding hydrogens is 853 g/mol. The van der Waals surface area contributed by atoms with Crippen molar-refractivity contribution in [3.63, 3.8) is 0 Å². The molecule has 0 saturated carbocycles. The Morgan fingerprint density at radius 3 is 2.13 bits per heavy atom. The molecule has 3 heterocycles. The molecule has 5 nitrogen and oxygen atoms in total. The standard InChI is InChI=1S/C31H29N2OS.C15H28O2.Ir/c1-17(2)13-25-18(3)21-11-12-23-26-27(32-16-33-30(26)34-28(23)29(21)35-25)20-14-19-9-7-8-10-22(19)24(15-20)31(4,5)6;1-7-14(5,8-2)12(16)11-13(17)15(6,9-3)10-4;/h7-12,15-17H,13H2,1-6H3;11,16H,7-10H2,1-6H3;/q-1;;/b;12-11-;. The van der Waals surface area contributed by atoms with E-state index in [0.717, 1.165) is 65.1 Å². The van der Waals surface area contributed by atoms with Gasteiger partial charge in [-0.1, -0.05) is 117 Å². The molecule has 0 fully saturated rings. The van der Waals surface area contributed by atoms with Crippen LogP contribution in [0.5, 0.6) is 0 Å². The summed E-state index contributed by atoms with van der Waals surface area (Å²) in [6.07, 6.45) is 7.45. The number of benzene rings is 3. The van der Waals surface area contributed by atoms with Gasteiger partial charge < -0.3 is 9.52 Å². The molecule has 0 saturated heterocycles. The van der Waals surface area contributed by atoms with E-state index in [2.05, 4.69) is 95.1 Å². The zero-order chi connectivity index (χ0) is 38.2. The van der Waals surface area contributed by atoms with Gasteiger partial charge in [0.1, 0.15) is 12.1 Å². The van der Waals surface area contributed by atoms with Gasteiger partial charge in [0.2, 0.25) is 5.71 Å². The summed E-state index contributed by atoms with van der Waals surface area (Å²) in [5, 5.41) is 15.8. The Balaban J connectivity index is 0.000000299. The third-order valence-corrected chi connectivity index (χ3v) is 12.8. The second-order valence-corrected chi connectivity index (χ2v) is 17.5. The number of fused-ring (bicyclic) bond motifs is 6. The topological polar surface area (TPSA) is 76.2 Å².